The number of carbonyl (C=O) groups is 1. The molecule has 0 heterocycles. The molecule has 0 aliphatic heterocycles. The number of hydrogen-bond acceptors (Lipinski definition) is 5. The largest absolute Gasteiger partial charge is 0.497 e. The van der Waals surface area contributed by atoms with E-state index in [1.807, 2.05) is 24.3 Å². The zero-order valence-corrected chi connectivity index (χ0v) is 14.6. The lowest BCUT2D eigenvalue weighted by Gasteiger charge is -2.07. The van der Waals surface area contributed by atoms with Crippen LogP contribution < -0.4 is 19.6 Å². The molecule has 0 aliphatic carbocycles. The van der Waals surface area contributed by atoms with E-state index in [4.69, 9.17) is 14.2 Å². The maximum atomic E-state index is 11.8. The molecule has 0 aromatic heterocycles. The van der Waals surface area contributed by atoms with E-state index in [-0.39, 0.29) is 12.5 Å². The number of methoxy groups -OCH3 is 2. The molecule has 132 valence electrons. The number of nitrogens with one attached hydrogen (secondary N) is 1. The van der Waals surface area contributed by atoms with Gasteiger partial charge in [-0.25, -0.2) is 5.43 Å². The average Bonchev–Trinajstić information content (AvgIpc) is 2.66. The quantitative estimate of drug-likeness (QED) is 0.592. The van der Waals surface area contributed by atoms with Crippen molar-refractivity contribution in [2.45, 2.75) is 13.3 Å². The van der Waals surface area contributed by atoms with Gasteiger partial charge < -0.3 is 14.2 Å². The summed E-state index contributed by atoms with van der Waals surface area (Å²) >= 11 is 0. The van der Waals surface area contributed by atoms with Gasteiger partial charge in [0, 0.05) is 11.6 Å². The number of hydrazone groups is 1. The minimum absolute atomic E-state index is 0.109. The first-order valence-electron chi connectivity index (χ1n) is 7.92. The molecule has 0 spiro atoms. The van der Waals surface area contributed by atoms with Crippen LogP contribution in [0.3, 0.4) is 0 Å². The molecule has 2 rings (SSSR count). The molecular formula is C19H22N2O4. The molecule has 0 bridgehead atoms. The Morgan fingerprint density at radius 3 is 2.44 bits per heavy atom. The lowest BCUT2D eigenvalue weighted by atomic mass is 10.2. The molecule has 1 amide bonds. The predicted octanol–water partition coefficient (Wildman–Crippen LogP) is 2.80. The number of benzene rings is 2. The Hall–Kier alpha value is -3.02. The van der Waals surface area contributed by atoms with Crippen molar-refractivity contribution in [3.05, 3.63) is 53.6 Å². The lowest BCUT2D eigenvalue weighted by Crippen LogP contribution is -2.24. The Kier molecular flexibility index (Phi) is 6.83. The third-order valence-corrected chi connectivity index (χ3v) is 3.54. The van der Waals surface area contributed by atoms with Crippen molar-refractivity contribution in [2.75, 3.05) is 20.8 Å². The van der Waals surface area contributed by atoms with Crippen LogP contribution in [0, 0.1) is 0 Å². The van der Waals surface area contributed by atoms with Gasteiger partial charge in [0.25, 0.3) is 5.91 Å². The van der Waals surface area contributed by atoms with Gasteiger partial charge in [-0.3, -0.25) is 4.79 Å². The Morgan fingerprint density at radius 1 is 1.08 bits per heavy atom. The van der Waals surface area contributed by atoms with Gasteiger partial charge in [-0.15, -0.1) is 0 Å². The summed E-state index contributed by atoms with van der Waals surface area (Å²) in [5, 5.41) is 3.92. The summed E-state index contributed by atoms with van der Waals surface area (Å²) in [6.07, 6.45) is 2.47. The van der Waals surface area contributed by atoms with Crippen LogP contribution in [0.1, 0.15) is 18.1 Å². The summed E-state index contributed by atoms with van der Waals surface area (Å²) in [5.41, 5.74) is 4.36. The fourth-order valence-electron chi connectivity index (χ4n) is 2.10. The highest BCUT2D eigenvalue weighted by Crippen LogP contribution is 2.22. The molecule has 6 heteroatoms. The molecule has 25 heavy (non-hydrogen) atoms. The fraction of sp³-hybridized carbons (Fsp3) is 0.263. The van der Waals surface area contributed by atoms with Crippen LogP contribution >= 0.6 is 0 Å². The van der Waals surface area contributed by atoms with Gasteiger partial charge >= 0.3 is 0 Å². The van der Waals surface area contributed by atoms with Crippen LogP contribution in [0.15, 0.2) is 47.6 Å². The number of rotatable bonds is 8. The molecule has 0 saturated heterocycles. The third-order valence-electron chi connectivity index (χ3n) is 3.54. The molecule has 0 fully saturated rings. The van der Waals surface area contributed by atoms with E-state index in [2.05, 4.69) is 17.5 Å². The minimum atomic E-state index is -0.344. The van der Waals surface area contributed by atoms with Crippen LogP contribution in [-0.2, 0) is 11.2 Å². The van der Waals surface area contributed by atoms with Crippen molar-refractivity contribution < 1.29 is 19.0 Å². The maximum Gasteiger partial charge on any atom is 0.277 e. The lowest BCUT2D eigenvalue weighted by molar-refractivity contribution is -0.123. The number of hydrogen-bond donors (Lipinski definition) is 1. The average molecular weight is 342 g/mol. The second kappa shape index (κ2) is 9.32. The van der Waals surface area contributed by atoms with E-state index in [9.17, 15) is 4.79 Å². The Balaban J connectivity index is 1.85. The highest BCUT2D eigenvalue weighted by atomic mass is 16.5. The molecule has 6 nitrogen and oxygen atoms in total. The molecular weight excluding hydrogens is 320 g/mol. The van der Waals surface area contributed by atoms with Gasteiger partial charge in [-0.1, -0.05) is 19.1 Å². The van der Waals surface area contributed by atoms with Crippen molar-refractivity contribution in [1.82, 2.24) is 5.43 Å². The topological polar surface area (TPSA) is 69.2 Å². The van der Waals surface area contributed by atoms with Crippen LogP contribution in [0.4, 0.5) is 0 Å². The maximum absolute atomic E-state index is 11.8. The second-order valence-corrected chi connectivity index (χ2v) is 5.19. The van der Waals surface area contributed by atoms with Crippen molar-refractivity contribution >= 4 is 12.1 Å². The van der Waals surface area contributed by atoms with Gasteiger partial charge in [0.1, 0.15) is 17.2 Å². The molecule has 0 unspecified atom stereocenters. The molecule has 2 aromatic carbocycles. The molecule has 1 N–H and O–H groups in total. The van der Waals surface area contributed by atoms with E-state index >= 15 is 0 Å². The Bertz CT molecular complexity index is 727. The van der Waals surface area contributed by atoms with Gasteiger partial charge in [0.15, 0.2) is 6.61 Å². The van der Waals surface area contributed by atoms with Gasteiger partial charge in [0.2, 0.25) is 0 Å². The Labute approximate surface area is 147 Å². The summed E-state index contributed by atoms with van der Waals surface area (Å²) in [6.45, 7) is 1.97. The number of carbonyl (C=O) groups excluding carboxylic acids is 1. The zero-order valence-electron chi connectivity index (χ0n) is 14.6. The second-order valence-electron chi connectivity index (χ2n) is 5.19. The summed E-state index contributed by atoms with van der Waals surface area (Å²) in [6, 6.07) is 13.0. The number of amides is 1. The van der Waals surface area contributed by atoms with E-state index in [1.54, 1.807) is 32.4 Å². The van der Waals surface area contributed by atoms with Crippen molar-refractivity contribution in [2.24, 2.45) is 5.10 Å². The highest BCUT2D eigenvalue weighted by molar-refractivity contribution is 5.85. The first-order valence-corrected chi connectivity index (χ1v) is 7.92. The van der Waals surface area contributed by atoms with Crippen LogP contribution in [0.2, 0.25) is 0 Å². The van der Waals surface area contributed by atoms with E-state index in [0.717, 1.165) is 12.0 Å². The first kappa shape index (κ1) is 18.3. The van der Waals surface area contributed by atoms with E-state index in [1.165, 1.54) is 11.8 Å². The van der Waals surface area contributed by atoms with Crippen LogP contribution in [-0.4, -0.2) is 32.9 Å². The Morgan fingerprint density at radius 2 is 1.80 bits per heavy atom. The summed E-state index contributed by atoms with van der Waals surface area (Å²) < 4.78 is 15.8. The smallest absolute Gasteiger partial charge is 0.277 e. The van der Waals surface area contributed by atoms with E-state index in [0.29, 0.717) is 17.2 Å². The standard InChI is InChI=1S/C19H22N2O4/c1-4-14-5-8-16(9-6-14)25-13-19(22)21-20-12-15-7-10-17(23-2)11-18(15)24-3/h5-12H,4,13H2,1-3H3,(H,21,22)/b20-12+. The highest BCUT2D eigenvalue weighted by Gasteiger charge is 2.04. The molecule has 0 radical (unpaired) electrons. The van der Waals surface area contributed by atoms with Crippen molar-refractivity contribution in [3.63, 3.8) is 0 Å². The molecule has 0 atom stereocenters. The van der Waals surface area contributed by atoms with Gasteiger partial charge in [0.05, 0.1) is 20.4 Å². The monoisotopic (exact) mass is 342 g/mol. The first-order chi connectivity index (χ1) is 12.2. The molecule has 0 saturated carbocycles. The van der Waals surface area contributed by atoms with Crippen molar-refractivity contribution in [1.29, 1.82) is 0 Å². The van der Waals surface area contributed by atoms with Crippen LogP contribution in [0.25, 0.3) is 0 Å². The minimum Gasteiger partial charge on any atom is -0.497 e. The van der Waals surface area contributed by atoms with Gasteiger partial charge in [-0.05, 0) is 36.2 Å². The molecule has 0 aliphatic rings. The predicted molar refractivity (Wildman–Crippen MR) is 96.6 cm³/mol. The third kappa shape index (κ3) is 5.53. The number of ether oxygens (including phenoxy) is 3. The summed E-state index contributed by atoms with van der Waals surface area (Å²) in [4.78, 5) is 11.8. The summed E-state index contributed by atoms with van der Waals surface area (Å²) in [5.74, 6) is 1.58. The summed E-state index contributed by atoms with van der Waals surface area (Å²) in [7, 11) is 3.14. The number of nitrogens with zero attached hydrogens (tertiary/aromatic N) is 1. The van der Waals surface area contributed by atoms with Gasteiger partial charge in [-0.2, -0.15) is 5.10 Å². The SMILES string of the molecule is CCc1ccc(OCC(=O)N/N=C/c2ccc(OC)cc2OC)cc1. The van der Waals surface area contributed by atoms with Crippen LogP contribution in [0.5, 0.6) is 17.2 Å². The van der Waals surface area contributed by atoms with Crippen molar-refractivity contribution in [3.8, 4) is 17.2 Å². The zero-order chi connectivity index (χ0) is 18.1. The fourth-order valence-corrected chi connectivity index (χ4v) is 2.10. The normalized spacial score (nSPS) is 10.5. The number of aryl methyl sites for hydroxylation is 1. The molecule has 2 aromatic rings. The van der Waals surface area contributed by atoms with E-state index < -0.39 is 0 Å².